The zero-order chi connectivity index (χ0) is 17.2. The van der Waals surface area contributed by atoms with E-state index in [1.807, 2.05) is 37.4 Å². The van der Waals surface area contributed by atoms with Gasteiger partial charge in [-0.25, -0.2) is 15.0 Å². The van der Waals surface area contributed by atoms with Gasteiger partial charge in [-0.1, -0.05) is 0 Å². The third kappa shape index (κ3) is 3.48. The molecule has 1 amide bonds. The summed E-state index contributed by atoms with van der Waals surface area (Å²) in [5, 5.41) is 5.44. The Morgan fingerprint density at radius 1 is 1.38 bits per heavy atom. The highest BCUT2D eigenvalue weighted by Gasteiger charge is 2.38. The van der Waals surface area contributed by atoms with Gasteiger partial charge in [0.05, 0.1) is 5.41 Å². The maximum absolute atomic E-state index is 12.7. The van der Waals surface area contributed by atoms with E-state index in [-0.39, 0.29) is 5.91 Å². The van der Waals surface area contributed by atoms with Crippen molar-refractivity contribution in [3.8, 4) is 0 Å². The number of piperidine rings is 1. The lowest BCUT2D eigenvalue weighted by atomic mass is 9.81. The van der Waals surface area contributed by atoms with Crippen LogP contribution in [0.15, 0.2) is 24.0 Å². The van der Waals surface area contributed by atoms with Crippen molar-refractivity contribution in [3.05, 3.63) is 24.0 Å². The van der Waals surface area contributed by atoms with Gasteiger partial charge >= 0.3 is 0 Å². The smallest absolute Gasteiger partial charge is 0.233 e. The Morgan fingerprint density at radius 3 is 2.92 bits per heavy atom. The molecule has 128 valence electrons. The molecule has 0 radical (unpaired) electrons. The van der Waals surface area contributed by atoms with Gasteiger partial charge < -0.3 is 15.1 Å². The number of amides is 1. The normalized spacial score (nSPS) is 20.7. The first-order chi connectivity index (χ1) is 11.5. The summed E-state index contributed by atoms with van der Waals surface area (Å²) in [5.74, 6) is 1.74. The van der Waals surface area contributed by atoms with Crippen molar-refractivity contribution in [2.75, 3.05) is 42.3 Å². The van der Waals surface area contributed by atoms with Crippen molar-refractivity contribution >= 4 is 34.0 Å². The fourth-order valence-corrected chi connectivity index (χ4v) is 3.43. The summed E-state index contributed by atoms with van der Waals surface area (Å²) in [6, 6.07) is 1.96. The maximum Gasteiger partial charge on any atom is 0.233 e. The fraction of sp³-hybridized carbons (Fsp3) is 0.500. The Morgan fingerprint density at radius 2 is 2.21 bits per heavy atom. The predicted octanol–water partition coefficient (Wildman–Crippen LogP) is 2.24. The van der Waals surface area contributed by atoms with E-state index in [1.54, 1.807) is 12.5 Å². The van der Waals surface area contributed by atoms with Gasteiger partial charge in [0.1, 0.15) is 18.0 Å². The highest BCUT2D eigenvalue weighted by molar-refractivity contribution is 7.13. The molecule has 1 aliphatic heterocycles. The van der Waals surface area contributed by atoms with E-state index in [9.17, 15) is 4.79 Å². The second-order valence-corrected chi connectivity index (χ2v) is 7.40. The third-order valence-electron chi connectivity index (χ3n) is 4.32. The zero-order valence-electron chi connectivity index (χ0n) is 14.2. The van der Waals surface area contributed by atoms with Crippen molar-refractivity contribution in [1.29, 1.82) is 0 Å². The SMILES string of the molecule is CN(C)c1cc(N2CCC[C@](C)(C(=O)Nc3nccs3)C2)ncn1. The van der Waals surface area contributed by atoms with E-state index in [0.29, 0.717) is 11.7 Å². The first-order valence-corrected chi connectivity index (χ1v) is 8.81. The standard InChI is InChI=1S/C16H22N6OS/c1-16(14(23)20-15-17-6-8-24-15)5-4-7-22(10-16)13-9-12(21(2)3)18-11-19-13/h6,8-9,11H,4-5,7,10H2,1-3H3,(H,17,20,23)/t16-/m0/s1. The van der Waals surface area contributed by atoms with Crippen LogP contribution < -0.4 is 15.1 Å². The van der Waals surface area contributed by atoms with Crippen LogP contribution in [-0.4, -0.2) is 48.0 Å². The van der Waals surface area contributed by atoms with Crippen LogP contribution >= 0.6 is 11.3 Å². The molecule has 0 saturated carbocycles. The van der Waals surface area contributed by atoms with Gasteiger partial charge in [-0.15, -0.1) is 11.3 Å². The fourth-order valence-electron chi connectivity index (χ4n) is 2.91. The summed E-state index contributed by atoms with van der Waals surface area (Å²) in [7, 11) is 3.90. The third-order valence-corrected chi connectivity index (χ3v) is 5.01. The summed E-state index contributed by atoms with van der Waals surface area (Å²) in [6.45, 7) is 3.54. The molecule has 1 saturated heterocycles. The first-order valence-electron chi connectivity index (χ1n) is 7.93. The van der Waals surface area contributed by atoms with E-state index < -0.39 is 5.41 Å². The number of nitrogens with one attached hydrogen (secondary N) is 1. The van der Waals surface area contributed by atoms with Gasteiger partial charge in [0.2, 0.25) is 5.91 Å². The summed E-state index contributed by atoms with van der Waals surface area (Å²) < 4.78 is 0. The van der Waals surface area contributed by atoms with Gasteiger partial charge in [-0.3, -0.25) is 4.79 Å². The van der Waals surface area contributed by atoms with Crippen molar-refractivity contribution in [2.45, 2.75) is 19.8 Å². The molecule has 2 aromatic heterocycles. The molecule has 0 spiro atoms. The van der Waals surface area contributed by atoms with Gasteiger partial charge in [0.25, 0.3) is 0 Å². The monoisotopic (exact) mass is 346 g/mol. The summed E-state index contributed by atoms with van der Waals surface area (Å²) >= 11 is 1.43. The Hall–Kier alpha value is -2.22. The van der Waals surface area contributed by atoms with E-state index in [0.717, 1.165) is 31.0 Å². The van der Waals surface area contributed by atoms with E-state index in [2.05, 4.69) is 25.2 Å². The molecule has 1 aliphatic rings. The van der Waals surface area contributed by atoms with E-state index in [4.69, 9.17) is 0 Å². The molecular weight excluding hydrogens is 324 g/mol. The molecule has 0 unspecified atom stereocenters. The molecule has 1 atom stereocenters. The lowest BCUT2D eigenvalue weighted by molar-refractivity contribution is -0.125. The molecule has 1 N–H and O–H groups in total. The van der Waals surface area contributed by atoms with Gasteiger partial charge in [0, 0.05) is 44.8 Å². The second kappa shape index (κ2) is 6.72. The molecule has 0 aliphatic carbocycles. The Balaban J connectivity index is 1.75. The average Bonchev–Trinajstić information content (AvgIpc) is 3.08. The first kappa shape index (κ1) is 16.6. The minimum Gasteiger partial charge on any atom is -0.363 e. The number of thiazole rings is 1. The molecule has 8 heteroatoms. The number of rotatable bonds is 4. The van der Waals surface area contributed by atoms with Crippen LogP contribution in [0.25, 0.3) is 0 Å². The average molecular weight is 346 g/mol. The molecule has 24 heavy (non-hydrogen) atoms. The molecule has 0 bridgehead atoms. The number of anilines is 3. The number of hydrogen-bond donors (Lipinski definition) is 1. The number of carbonyl (C=O) groups excluding carboxylic acids is 1. The number of nitrogens with zero attached hydrogens (tertiary/aromatic N) is 5. The van der Waals surface area contributed by atoms with E-state index in [1.165, 1.54) is 11.3 Å². The molecule has 3 rings (SSSR count). The molecule has 0 aromatic carbocycles. The number of aromatic nitrogens is 3. The molecular formula is C16H22N6OS. The van der Waals surface area contributed by atoms with Crippen LogP contribution in [0.1, 0.15) is 19.8 Å². The van der Waals surface area contributed by atoms with Crippen LogP contribution in [0.5, 0.6) is 0 Å². The van der Waals surface area contributed by atoms with Crippen molar-refractivity contribution in [1.82, 2.24) is 15.0 Å². The van der Waals surface area contributed by atoms with Crippen molar-refractivity contribution in [3.63, 3.8) is 0 Å². The largest absolute Gasteiger partial charge is 0.363 e. The van der Waals surface area contributed by atoms with Gasteiger partial charge in [0.15, 0.2) is 5.13 Å². The van der Waals surface area contributed by atoms with Gasteiger partial charge in [-0.05, 0) is 19.8 Å². The molecule has 2 aromatic rings. The lowest BCUT2D eigenvalue weighted by Gasteiger charge is -2.39. The minimum atomic E-state index is -0.465. The molecule has 1 fully saturated rings. The quantitative estimate of drug-likeness (QED) is 0.915. The highest BCUT2D eigenvalue weighted by atomic mass is 32.1. The molecule has 3 heterocycles. The Labute approximate surface area is 145 Å². The van der Waals surface area contributed by atoms with Crippen LogP contribution in [0.4, 0.5) is 16.8 Å². The second-order valence-electron chi connectivity index (χ2n) is 6.51. The van der Waals surface area contributed by atoms with Crippen LogP contribution in [-0.2, 0) is 4.79 Å². The van der Waals surface area contributed by atoms with Crippen molar-refractivity contribution < 1.29 is 4.79 Å². The lowest BCUT2D eigenvalue weighted by Crippen LogP contribution is -2.48. The summed E-state index contributed by atoms with van der Waals surface area (Å²) in [4.78, 5) is 29.6. The Bertz CT molecular complexity index is 704. The maximum atomic E-state index is 12.7. The van der Waals surface area contributed by atoms with Gasteiger partial charge in [-0.2, -0.15) is 0 Å². The predicted molar refractivity (Wildman–Crippen MR) is 96.7 cm³/mol. The van der Waals surface area contributed by atoms with Crippen LogP contribution in [0.2, 0.25) is 0 Å². The van der Waals surface area contributed by atoms with Crippen molar-refractivity contribution in [2.24, 2.45) is 5.41 Å². The summed E-state index contributed by atoms with van der Waals surface area (Å²) in [5.41, 5.74) is -0.465. The van der Waals surface area contributed by atoms with E-state index >= 15 is 0 Å². The number of hydrogen-bond acceptors (Lipinski definition) is 7. The molecule has 7 nitrogen and oxygen atoms in total. The zero-order valence-corrected chi connectivity index (χ0v) is 15.0. The summed E-state index contributed by atoms with van der Waals surface area (Å²) in [6.07, 6.45) is 5.07. The number of carbonyl (C=O) groups is 1. The highest BCUT2D eigenvalue weighted by Crippen LogP contribution is 2.33. The minimum absolute atomic E-state index is 0.0176. The Kier molecular flexibility index (Phi) is 4.66. The van der Waals surface area contributed by atoms with Crippen LogP contribution in [0.3, 0.4) is 0 Å². The van der Waals surface area contributed by atoms with Crippen LogP contribution in [0, 0.1) is 5.41 Å². The topological polar surface area (TPSA) is 74.2 Å².